The second kappa shape index (κ2) is 5.81. The first-order valence-electron chi connectivity index (χ1n) is 5.11. The third kappa shape index (κ3) is 3.79. The van der Waals surface area contributed by atoms with Crippen molar-refractivity contribution in [2.24, 2.45) is 0 Å². The highest BCUT2D eigenvalue weighted by Crippen LogP contribution is 2.26. The number of hydrogen-bond acceptors (Lipinski definition) is 4. The minimum Gasteiger partial charge on any atom is -0.426 e. The van der Waals surface area contributed by atoms with E-state index in [1.165, 1.54) is 0 Å². The monoisotopic (exact) mass is 336 g/mol. The first kappa shape index (κ1) is 15.1. The Labute approximate surface area is 114 Å². The van der Waals surface area contributed by atoms with E-state index in [1.807, 2.05) is 0 Å². The Hall–Kier alpha value is -0.920. The lowest BCUT2D eigenvalue weighted by Crippen LogP contribution is -2.10. The maximum Gasteiger partial charge on any atom is 0.312 e. The van der Waals surface area contributed by atoms with Gasteiger partial charge in [0.1, 0.15) is 10.6 Å². The van der Waals surface area contributed by atoms with Crippen LogP contribution in [-0.2, 0) is 14.9 Å². The highest BCUT2D eigenvalue weighted by molar-refractivity contribution is 9.09. The number of rotatable bonds is 4. The topological polar surface area (TPSA) is 80.7 Å². The van der Waals surface area contributed by atoms with Gasteiger partial charge < -0.3 is 4.74 Å². The van der Waals surface area contributed by atoms with Crippen molar-refractivity contribution in [2.45, 2.75) is 25.2 Å². The molecule has 0 radical (unpaired) electrons. The molecular weight excluding hydrogens is 324 g/mol. The molecule has 0 aliphatic carbocycles. The molecule has 1 aromatic rings. The second-order valence-electron chi connectivity index (χ2n) is 3.77. The molecule has 0 amide bonds. The summed E-state index contributed by atoms with van der Waals surface area (Å²) in [7, 11) is -4.32. The molecule has 1 N–H and O–H groups in total. The molecule has 100 valence electrons. The Bertz CT molecular complexity index is 565. The zero-order valence-electron chi connectivity index (χ0n) is 9.94. The lowest BCUT2D eigenvalue weighted by Gasteiger charge is -2.10. The van der Waals surface area contributed by atoms with Crippen LogP contribution in [0.15, 0.2) is 17.0 Å². The normalized spacial score (nSPS) is 11.3. The molecular formula is C11H13BrO5S. The first-order chi connectivity index (χ1) is 8.25. The molecule has 1 rings (SSSR count). The van der Waals surface area contributed by atoms with Gasteiger partial charge in [0.05, 0.1) is 6.42 Å². The fourth-order valence-corrected chi connectivity index (χ4v) is 2.50. The standard InChI is InChI=1S/C11H13BrO5S/c1-7-5-8(2)10(18(14,15)16)6-9(7)17-11(13)3-4-12/h5-6H,3-4H2,1-2H3,(H,14,15,16). The molecule has 0 bridgehead atoms. The highest BCUT2D eigenvalue weighted by Gasteiger charge is 2.17. The predicted molar refractivity (Wildman–Crippen MR) is 69.8 cm³/mol. The number of esters is 1. The fraction of sp³-hybridized carbons (Fsp3) is 0.364. The summed E-state index contributed by atoms with van der Waals surface area (Å²) in [5.41, 5.74) is 1.03. The average molecular weight is 337 g/mol. The lowest BCUT2D eigenvalue weighted by molar-refractivity contribution is -0.133. The molecule has 0 aliphatic heterocycles. The third-order valence-electron chi connectivity index (χ3n) is 2.27. The average Bonchev–Trinajstić information content (AvgIpc) is 2.20. The van der Waals surface area contributed by atoms with E-state index in [9.17, 15) is 13.2 Å². The Morgan fingerprint density at radius 2 is 1.94 bits per heavy atom. The largest absolute Gasteiger partial charge is 0.426 e. The zero-order chi connectivity index (χ0) is 13.9. The van der Waals surface area contributed by atoms with Crippen molar-refractivity contribution in [3.8, 4) is 5.75 Å². The van der Waals surface area contributed by atoms with E-state index >= 15 is 0 Å². The molecule has 1 aromatic carbocycles. The van der Waals surface area contributed by atoms with E-state index in [0.29, 0.717) is 16.5 Å². The Morgan fingerprint density at radius 1 is 1.33 bits per heavy atom. The van der Waals surface area contributed by atoms with Crippen LogP contribution in [-0.4, -0.2) is 24.3 Å². The molecule has 5 nitrogen and oxygen atoms in total. The number of ether oxygens (including phenoxy) is 1. The van der Waals surface area contributed by atoms with Crippen LogP contribution < -0.4 is 4.74 Å². The van der Waals surface area contributed by atoms with E-state index < -0.39 is 16.1 Å². The summed E-state index contributed by atoms with van der Waals surface area (Å²) in [6.45, 7) is 3.25. The third-order valence-corrected chi connectivity index (χ3v) is 3.66. The fourth-order valence-electron chi connectivity index (χ4n) is 1.45. The second-order valence-corrected chi connectivity index (χ2v) is 5.95. The van der Waals surface area contributed by atoms with Crippen LogP contribution in [0.2, 0.25) is 0 Å². The van der Waals surface area contributed by atoms with Gasteiger partial charge in [-0.3, -0.25) is 9.35 Å². The summed E-state index contributed by atoms with van der Waals surface area (Å²) in [4.78, 5) is 11.1. The van der Waals surface area contributed by atoms with Gasteiger partial charge >= 0.3 is 5.97 Å². The van der Waals surface area contributed by atoms with Gasteiger partial charge in [0.2, 0.25) is 0 Å². The van der Waals surface area contributed by atoms with E-state index in [0.717, 1.165) is 6.07 Å². The summed E-state index contributed by atoms with van der Waals surface area (Å²) in [5, 5.41) is 0.460. The Morgan fingerprint density at radius 3 is 2.44 bits per heavy atom. The van der Waals surface area contributed by atoms with Crippen molar-refractivity contribution >= 4 is 32.0 Å². The Balaban J connectivity index is 3.18. The van der Waals surface area contributed by atoms with Crippen molar-refractivity contribution in [1.29, 1.82) is 0 Å². The van der Waals surface area contributed by atoms with Gasteiger partial charge in [-0.2, -0.15) is 8.42 Å². The number of benzene rings is 1. The van der Waals surface area contributed by atoms with Crippen LogP contribution in [0.25, 0.3) is 0 Å². The molecule has 0 unspecified atom stereocenters. The van der Waals surface area contributed by atoms with Crippen molar-refractivity contribution < 1.29 is 22.5 Å². The van der Waals surface area contributed by atoms with Crippen LogP contribution in [0.1, 0.15) is 17.5 Å². The zero-order valence-corrected chi connectivity index (χ0v) is 12.3. The van der Waals surface area contributed by atoms with Gasteiger partial charge in [-0.1, -0.05) is 22.0 Å². The van der Waals surface area contributed by atoms with Crippen LogP contribution >= 0.6 is 15.9 Å². The maximum absolute atomic E-state index is 11.3. The lowest BCUT2D eigenvalue weighted by atomic mass is 10.1. The molecule has 0 saturated carbocycles. The summed E-state index contributed by atoms with van der Waals surface area (Å²) < 4.78 is 36.4. The summed E-state index contributed by atoms with van der Waals surface area (Å²) in [6.07, 6.45) is 0.175. The van der Waals surface area contributed by atoms with Gasteiger partial charge in [0, 0.05) is 11.4 Å². The molecule has 0 spiro atoms. The number of carbonyl (C=O) groups excluding carboxylic acids is 1. The summed E-state index contributed by atoms with van der Waals surface area (Å²) in [5.74, 6) is -0.334. The number of hydrogen-bond donors (Lipinski definition) is 1. The smallest absolute Gasteiger partial charge is 0.312 e. The van der Waals surface area contributed by atoms with Crippen LogP contribution in [0.5, 0.6) is 5.75 Å². The molecule has 0 fully saturated rings. The number of halogens is 1. The minimum absolute atomic E-state index is 0.138. The van der Waals surface area contributed by atoms with Crippen molar-refractivity contribution in [3.63, 3.8) is 0 Å². The molecule has 18 heavy (non-hydrogen) atoms. The molecule has 0 heterocycles. The van der Waals surface area contributed by atoms with E-state index in [2.05, 4.69) is 15.9 Å². The van der Waals surface area contributed by atoms with Gasteiger partial charge in [0.15, 0.2) is 0 Å². The van der Waals surface area contributed by atoms with Gasteiger partial charge in [-0.15, -0.1) is 0 Å². The molecule has 7 heteroatoms. The minimum atomic E-state index is -4.32. The Kier molecular flexibility index (Phi) is 4.89. The number of carbonyl (C=O) groups is 1. The molecule has 0 aliphatic rings. The van der Waals surface area contributed by atoms with Gasteiger partial charge in [-0.25, -0.2) is 0 Å². The van der Waals surface area contributed by atoms with Crippen molar-refractivity contribution in [3.05, 3.63) is 23.3 Å². The van der Waals surface area contributed by atoms with Crippen LogP contribution in [0, 0.1) is 13.8 Å². The quantitative estimate of drug-likeness (QED) is 0.394. The predicted octanol–water partition coefficient (Wildman–Crippen LogP) is 2.24. The number of aryl methyl sites for hydroxylation is 2. The maximum atomic E-state index is 11.3. The number of alkyl halides is 1. The van der Waals surface area contributed by atoms with Crippen molar-refractivity contribution in [2.75, 3.05) is 5.33 Å². The van der Waals surface area contributed by atoms with Gasteiger partial charge in [-0.05, 0) is 25.0 Å². The molecule has 0 atom stereocenters. The SMILES string of the molecule is Cc1cc(C)c(S(=O)(=O)O)cc1OC(=O)CCBr. The summed E-state index contributed by atoms with van der Waals surface area (Å²) in [6, 6.07) is 2.70. The molecule has 0 saturated heterocycles. The highest BCUT2D eigenvalue weighted by atomic mass is 79.9. The van der Waals surface area contributed by atoms with Crippen molar-refractivity contribution in [1.82, 2.24) is 0 Å². The van der Waals surface area contributed by atoms with E-state index in [1.54, 1.807) is 19.9 Å². The molecule has 0 aromatic heterocycles. The van der Waals surface area contributed by atoms with Crippen LogP contribution in [0.4, 0.5) is 0 Å². The van der Waals surface area contributed by atoms with Crippen LogP contribution in [0.3, 0.4) is 0 Å². The first-order valence-corrected chi connectivity index (χ1v) is 7.67. The van der Waals surface area contributed by atoms with Gasteiger partial charge in [0.25, 0.3) is 10.1 Å². The van der Waals surface area contributed by atoms with E-state index in [-0.39, 0.29) is 17.1 Å². The summed E-state index contributed by atoms with van der Waals surface area (Å²) >= 11 is 3.10. The van der Waals surface area contributed by atoms with E-state index in [4.69, 9.17) is 9.29 Å².